The molecule has 0 saturated carbocycles. The molecule has 0 aromatic heterocycles. The van der Waals surface area contributed by atoms with Crippen molar-refractivity contribution in [2.45, 2.75) is 240 Å². The van der Waals surface area contributed by atoms with Gasteiger partial charge in [0.05, 0.1) is 25.7 Å². The van der Waals surface area contributed by atoms with Gasteiger partial charge in [0.15, 0.2) is 0 Å². The largest absolute Gasteiger partial charge is 0.466 e. The maximum absolute atomic E-state index is 13.3. The number of ether oxygens (including phenoxy) is 3. The van der Waals surface area contributed by atoms with Crippen LogP contribution >= 0.6 is 0 Å². The van der Waals surface area contributed by atoms with Crippen LogP contribution in [0.3, 0.4) is 0 Å². The Morgan fingerprint density at radius 3 is 1.15 bits per heavy atom. The maximum atomic E-state index is 13.3. The quantitative estimate of drug-likeness (QED) is 0.0341. The van der Waals surface area contributed by atoms with E-state index in [0.29, 0.717) is 44.5 Å². The number of piperazine rings is 1. The van der Waals surface area contributed by atoms with Gasteiger partial charge < -0.3 is 24.0 Å². The molecule has 0 radical (unpaired) electrons. The summed E-state index contributed by atoms with van der Waals surface area (Å²) in [5.41, 5.74) is 0. The predicted octanol–water partition coefficient (Wildman–Crippen LogP) is 13.7. The monoisotopic (exact) mass is 849 g/mol. The molecule has 354 valence electrons. The number of rotatable bonds is 43. The first-order valence-electron chi connectivity index (χ1n) is 26.2. The minimum Gasteiger partial charge on any atom is -0.466 e. The first-order valence-corrected chi connectivity index (χ1v) is 26.2. The number of hydrogen-bond donors (Lipinski definition) is 0. The molecule has 0 aromatic carbocycles. The smallest absolute Gasteiger partial charge is 0.308 e. The van der Waals surface area contributed by atoms with E-state index < -0.39 is 0 Å². The lowest BCUT2D eigenvalue weighted by Crippen LogP contribution is -2.44. The van der Waals surface area contributed by atoms with E-state index in [0.717, 1.165) is 116 Å². The van der Waals surface area contributed by atoms with Gasteiger partial charge in [-0.25, -0.2) is 0 Å². The van der Waals surface area contributed by atoms with Crippen LogP contribution in [-0.4, -0.2) is 87.3 Å². The van der Waals surface area contributed by atoms with Crippen molar-refractivity contribution in [1.82, 2.24) is 9.80 Å². The normalized spacial score (nSPS) is 13.8. The van der Waals surface area contributed by atoms with Crippen molar-refractivity contribution in [2.24, 2.45) is 17.8 Å². The van der Waals surface area contributed by atoms with Crippen molar-refractivity contribution >= 4 is 17.9 Å². The van der Waals surface area contributed by atoms with E-state index in [-0.39, 0.29) is 23.8 Å². The molecule has 1 aliphatic heterocycles. The summed E-state index contributed by atoms with van der Waals surface area (Å²) >= 11 is 0. The first-order chi connectivity index (χ1) is 29.3. The van der Waals surface area contributed by atoms with Crippen LogP contribution in [0.25, 0.3) is 0 Å². The summed E-state index contributed by atoms with van der Waals surface area (Å²) < 4.78 is 17.1. The van der Waals surface area contributed by atoms with Gasteiger partial charge in [0.25, 0.3) is 0 Å². The lowest BCUT2D eigenvalue weighted by molar-refractivity contribution is -0.149. The van der Waals surface area contributed by atoms with Crippen molar-refractivity contribution in [3.8, 4) is 0 Å². The number of hydrogen-bond acceptors (Lipinski definition) is 8. The molecule has 0 bridgehead atoms. The third-order valence-corrected chi connectivity index (χ3v) is 13.0. The zero-order valence-corrected chi connectivity index (χ0v) is 40.6. The molecule has 1 aliphatic rings. The van der Waals surface area contributed by atoms with E-state index in [1.807, 2.05) is 0 Å². The highest BCUT2D eigenvalue weighted by atomic mass is 16.5. The number of nitrogens with zero attached hydrogens (tertiary/aromatic N) is 2. The van der Waals surface area contributed by atoms with Crippen LogP contribution in [0.1, 0.15) is 240 Å². The maximum Gasteiger partial charge on any atom is 0.308 e. The highest BCUT2D eigenvalue weighted by Gasteiger charge is 2.20. The van der Waals surface area contributed by atoms with Crippen molar-refractivity contribution in [1.29, 1.82) is 0 Å². The van der Waals surface area contributed by atoms with Gasteiger partial charge in [0.1, 0.15) is 0 Å². The second-order valence-electron chi connectivity index (χ2n) is 18.7. The van der Waals surface area contributed by atoms with Gasteiger partial charge in [-0.05, 0) is 76.7 Å². The summed E-state index contributed by atoms with van der Waals surface area (Å²) in [6, 6.07) is 0. The van der Waals surface area contributed by atoms with Crippen molar-refractivity contribution in [3.05, 3.63) is 0 Å². The van der Waals surface area contributed by atoms with Gasteiger partial charge in [-0.3, -0.25) is 14.4 Å². The molecule has 60 heavy (non-hydrogen) atoms. The van der Waals surface area contributed by atoms with Crippen molar-refractivity contribution < 1.29 is 28.6 Å². The first kappa shape index (κ1) is 56.3. The second kappa shape index (κ2) is 41.3. The molecule has 8 heteroatoms. The molecule has 1 heterocycles. The molecule has 0 amide bonds. The highest BCUT2D eigenvalue weighted by molar-refractivity contribution is 5.72. The third-order valence-electron chi connectivity index (χ3n) is 13.0. The van der Waals surface area contributed by atoms with Gasteiger partial charge in [-0.15, -0.1) is 0 Å². The fourth-order valence-corrected chi connectivity index (χ4v) is 8.77. The fraction of sp³-hybridized carbons (Fsp3) is 0.942. The Kier molecular flexibility index (Phi) is 38.8. The van der Waals surface area contributed by atoms with Crippen LogP contribution in [0.4, 0.5) is 0 Å². The SMILES string of the molecule is CCCCC(CCCC)CC(=O)OCCCCCCCCCCC(CCCCCCCCCCOC(=O)CC(CCCC)CCCC)C(=O)OCCCN1CCN(C)CC1. The van der Waals surface area contributed by atoms with E-state index in [1.165, 1.54) is 116 Å². The number of carbonyl (C=O) groups excluding carboxylic acids is 3. The van der Waals surface area contributed by atoms with Gasteiger partial charge >= 0.3 is 17.9 Å². The number of carbonyl (C=O) groups is 3. The number of esters is 3. The molecule has 0 unspecified atom stereocenters. The number of likely N-dealkylation sites (N-methyl/N-ethyl adjacent to an activating group) is 1. The van der Waals surface area contributed by atoms with Gasteiger partial charge in [0.2, 0.25) is 0 Å². The van der Waals surface area contributed by atoms with Crippen LogP contribution in [0.15, 0.2) is 0 Å². The molecule has 0 aliphatic carbocycles. The van der Waals surface area contributed by atoms with E-state index in [4.69, 9.17) is 14.2 Å². The Hall–Kier alpha value is -1.67. The zero-order valence-electron chi connectivity index (χ0n) is 40.6. The molecule has 1 fully saturated rings. The van der Waals surface area contributed by atoms with E-state index in [9.17, 15) is 14.4 Å². The van der Waals surface area contributed by atoms with Crippen LogP contribution in [-0.2, 0) is 28.6 Å². The summed E-state index contributed by atoms with van der Waals surface area (Å²) in [5.74, 6) is 1.05. The second-order valence-corrected chi connectivity index (χ2v) is 18.7. The van der Waals surface area contributed by atoms with E-state index in [1.54, 1.807) is 0 Å². The molecule has 0 atom stereocenters. The fourth-order valence-electron chi connectivity index (χ4n) is 8.77. The summed E-state index contributed by atoms with van der Waals surface area (Å²) in [6.07, 6.45) is 36.7. The van der Waals surface area contributed by atoms with Crippen LogP contribution in [0.5, 0.6) is 0 Å². The van der Waals surface area contributed by atoms with Crippen LogP contribution in [0, 0.1) is 17.8 Å². The minimum atomic E-state index is 0.00261. The van der Waals surface area contributed by atoms with Crippen LogP contribution < -0.4 is 0 Å². The minimum absolute atomic E-state index is 0.00261. The molecular weight excluding hydrogens is 749 g/mol. The van der Waals surface area contributed by atoms with Gasteiger partial charge in [0, 0.05) is 45.6 Å². The van der Waals surface area contributed by atoms with Gasteiger partial charge in [-0.1, -0.05) is 169 Å². The third kappa shape index (κ3) is 33.9. The molecule has 8 nitrogen and oxygen atoms in total. The molecule has 0 spiro atoms. The summed E-state index contributed by atoms with van der Waals surface area (Å²) in [5, 5.41) is 0. The molecule has 1 rings (SSSR count). The molecule has 0 aromatic rings. The molecule has 1 saturated heterocycles. The van der Waals surface area contributed by atoms with E-state index in [2.05, 4.69) is 44.5 Å². The molecule has 0 N–H and O–H groups in total. The summed E-state index contributed by atoms with van der Waals surface area (Å²) in [4.78, 5) is 42.9. The lowest BCUT2D eigenvalue weighted by Gasteiger charge is -2.32. The number of unbranched alkanes of at least 4 members (excludes halogenated alkanes) is 18. The average Bonchev–Trinajstić information content (AvgIpc) is 3.24. The Labute approximate surface area is 372 Å². The lowest BCUT2D eigenvalue weighted by atomic mass is 9.93. The van der Waals surface area contributed by atoms with Crippen molar-refractivity contribution in [3.63, 3.8) is 0 Å². The van der Waals surface area contributed by atoms with Crippen LogP contribution in [0.2, 0.25) is 0 Å². The average molecular weight is 849 g/mol. The summed E-state index contributed by atoms with van der Waals surface area (Å²) in [6.45, 7) is 16.0. The standard InChI is InChI=1S/C52H100N2O6/c1-6-10-31-47(32-11-7-2)45-50(55)58-42-28-24-20-16-14-18-22-26-35-49(52(57)60-44-30-37-54-40-38-53(5)39-41-54)36-27-23-19-15-17-21-25-29-43-59-51(56)46-48(33-12-8-3)34-13-9-4/h47-49H,6-46H2,1-5H3. The Bertz CT molecular complexity index is 914. The zero-order chi connectivity index (χ0) is 43.7. The predicted molar refractivity (Wildman–Crippen MR) is 252 cm³/mol. The topological polar surface area (TPSA) is 85.4 Å². The van der Waals surface area contributed by atoms with E-state index >= 15 is 0 Å². The Morgan fingerprint density at radius 1 is 0.417 bits per heavy atom. The highest BCUT2D eigenvalue weighted by Crippen LogP contribution is 2.24. The molecular formula is C52H100N2O6. The van der Waals surface area contributed by atoms with Gasteiger partial charge in [-0.2, -0.15) is 0 Å². The Balaban J connectivity index is 2.25. The van der Waals surface area contributed by atoms with Crippen molar-refractivity contribution in [2.75, 3.05) is 59.6 Å². The Morgan fingerprint density at radius 2 is 0.767 bits per heavy atom. The summed E-state index contributed by atoms with van der Waals surface area (Å²) in [7, 11) is 2.18.